The van der Waals surface area contributed by atoms with E-state index in [9.17, 15) is 24.9 Å². The second kappa shape index (κ2) is 12.0. The number of benzene rings is 2. The fraction of sp³-hybridized carbons (Fsp3) is 0.310. The molecule has 7 heteroatoms. The Bertz CT molecular complexity index is 1170. The monoisotopic (exact) mass is 506 g/mol. The van der Waals surface area contributed by atoms with Crippen LogP contribution in [0.15, 0.2) is 83.9 Å². The van der Waals surface area contributed by atoms with E-state index < -0.39 is 36.0 Å². The molecule has 3 N–H and O–H groups in total. The number of carboxylic acid groups (broad SMARTS) is 1. The number of carboxylic acids is 1. The SMILES string of the molecule is O=C(O)C[C@@H]1[C@@H](C(O)=CCCCc2cccs2)[C@@H](OC(=O)c2ccc(-c3ccccc3)cc2)C[C@@H]1O. The highest BCUT2D eigenvalue weighted by molar-refractivity contribution is 7.09. The van der Waals surface area contributed by atoms with Crippen molar-refractivity contribution in [3.63, 3.8) is 0 Å². The van der Waals surface area contributed by atoms with Gasteiger partial charge in [-0.15, -0.1) is 11.3 Å². The largest absolute Gasteiger partial charge is 0.512 e. The number of carbonyl (C=O) groups is 2. The van der Waals surface area contributed by atoms with Gasteiger partial charge in [0.05, 0.1) is 29.8 Å². The van der Waals surface area contributed by atoms with Crippen LogP contribution >= 0.6 is 11.3 Å². The van der Waals surface area contributed by atoms with Crippen LogP contribution in [-0.2, 0) is 16.0 Å². The molecule has 1 aromatic heterocycles. The topological polar surface area (TPSA) is 104 Å². The molecule has 0 spiro atoms. The van der Waals surface area contributed by atoms with E-state index in [2.05, 4.69) is 6.07 Å². The molecule has 0 unspecified atom stereocenters. The summed E-state index contributed by atoms with van der Waals surface area (Å²) in [6.07, 6.45) is 1.90. The summed E-state index contributed by atoms with van der Waals surface area (Å²) in [5.41, 5.74) is 2.34. The highest BCUT2D eigenvalue weighted by atomic mass is 32.1. The van der Waals surface area contributed by atoms with Gasteiger partial charge in [-0.3, -0.25) is 4.79 Å². The molecule has 188 valence electrons. The van der Waals surface area contributed by atoms with E-state index in [0.29, 0.717) is 12.0 Å². The number of esters is 1. The minimum absolute atomic E-state index is 0.0267. The van der Waals surface area contributed by atoms with E-state index in [1.54, 1.807) is 29.5 Å². The normalized spacial score (nSPS) is 21.9. The molecule has 6 nitrogen and oxygen atoms in total. The van der Waals surface area contributed by atoms with Crippen molar-refractivity contribution in [2.75, 3.05) is 0 Å². The average Bonchev–Trinajstić information content (AvgIpc) is 3.50. The molecule has 3 aromatic rings. The van der Waals surface area contributed by atoms with Crippen LogP contribution in [0.2, 0.25) is 0 Å². The predicted octanol–water partition coefficient (Wildman–Crippen LogP) is 5.88. The van der Waals surface area contributed by atoms with Gasteiger partial charge in [-0.25, -0.2) is 4.79 Å². The van der Waals surface area contributed by atoms with E-state index in [1.807, 2.05) is 53.9 Å². The Labute approximate surface area is 214 Å². The number of aliphatic hydroxyl groups excluding tert-OH is 2. The first-order valence-electron chi connectivity index (χ1n) is 12.1. The quantitative estimate of drug-likeness (QED) is 0.180. The van der Waals surface area contributed by atoms with E-state index in [1.165, 1.54) is 4.88 Å². The molecule has 0 saturated heterocycles. The number of unbranched alkanes of at least 4 members (excludes halogenated alkanes) is 1. The maximum atomic E-state index is 12.9. The van der Waals surface area contributed by atoms with Crippen molar-refractivity contribution in [1.29, 1.82) is 0 Å². The summed E-state index contributed by atoms with van der Waals surface area (Å²) < 4.78 is 5.73. The fourth-order valence-corrected chi connectivity index (χ4v) is 5.57. The van der Waals surface area contributed by atoms with Crippen LogP contribution in [0.1, 0.15) is 40.9 Å². The van der Waals surface area contributed by atoms with Gasteiger partial charge in [-0.05, 0) is 60.0 Å². The molecule has 1 aliphatic rings. The first kappa shape index (κ1) is 25.7. The van der Waals surface area contributed by atoms with Gasteiger partial charge in [-0.1, -0.05) is 48.5 Å². The summed E-state index contributed by atoms with van der Waals surface area (Å²) in [6, 6.07) is 20.9. The number of ether oxygens (including phenoxy) is 1. The van der Waals surface area contributed by atoms with Gasteiger partial charge < -0.3 is 20.1 Å². The van der Waals surface area contributed by atoms with Gasteiger partial charge in [0.25, 0.3) is 0 Å². The summed E-state index contributed by atoms with van der Waals surface area (Å²) in [5.74, 6) is -3.18. The number of aliphatic hydroxyl groups is 2. The molecular weight excluding hydrogens is 476 g/mol. The molecule has 4 rings (SSSR count). The van der Waals surface area contributed by atoms with Gasteiger partial charge in [-0.2, -0.15) is 0 Å². The Hall–Kier alpha value is -3.42. The van der Waals surface area contributed by atoms with Crippen LogP contribution in [0.4, 0.5) is 0 Å². The molecule has 2 aromatic carbocycles. The number of aliphatic carboxylic acids is 1. The zero-order chi connectivity index (χ0) is 25.5. The van der Waals surface area contributed by atoms with Crippen LogP contribution in [0.3, 0.4) is 0 Å². The molecule has 36 heavy (non-hydrogen) atoms. The second-order valence-corrected chi connectivity index (χ2v) is 10.1. The lowest BCUT2D eigenvalue weighted by Crippen LogP contribution is -2.29. The van der Waals surface area contributed by atoms with Crippen molar-refractivity contribution in [3.05, 3.63) is 94.4 Å². The van der Waals surface area contributed by atoms with Crippen molar-refractivity contribution in [2.45, 2.75) is 44.3 Å². The Morgan fingerprint density at radius 1 is 0.972 bits per heavy atom. The Balaban J connectivity index is 1.45. The number of carbonyl (C=O) groups excluding carboxylic acids is 1. The molecule has 0 bridgehead atoms. The van der Waals surface area contributed by atoms with Crippen LogP contribution < -0.4 is 0 Å². The number of rotatable bonds is 10. The first-order valence-corrected chi connectivity index (χ1v) is 13.0. The Kier molecular flexibility index (Phi) is 8.57. The van der Waals surface area contributed by atoms with Gasteiger partial charge in [0.15, 0.2) is 0 Å². The lowest BCUT2D eigenvalue weighted by atomic mass is 9.88. The van der Waals surface area contributed by atoms with Gasteiger partial charge in [0, 0.05) is 17.2 Å². The lowest BCUT2D eigenvalue weighted by Gasteiger charge is -2.24. The smallest absolute Gasteiger partial charge is 0.338 e. The summed E-state index contributed by atoms with van der Waals surface area (Å²) in [4.78, 5) is 25.6. The van der Waals surface area contributed by atoms with E-state index in [4.69, 9.17) is 4.74 Å². The third kappa shape index (κ3) is 6.42. The first-order chi connectivity index (χ1) is 17.4. The molecule has 1 aliphatic carbocycles. The number of aryl methyl sites for hydroxylation is 1. The maximum absolute atomic E-state index is 12.9. The van der Waals surface area contributed by atoms with Crippen LogP contribution in [0.25, 0.3) is 11.1 Å². The van der Waals surface area contributed by atoms with Gasteiger partial charge >= 0.3 is 11.9 Å². The lowest BCUT2D eigenvalue weighted by molar-refractivity contribution is -0.139. The van der Waals surface area contributed by atoms with Gasteiger partial charge in [0.1, 0.15) is 6.10 Å². The Morgan fingerprint density at radius 3 is 2.36 bits per heavy atom. The molecule has 4 atom stereocenters. The molecule has 1 fully saturated rings. The van der Waals surface area contributed by atoms with E-state index in [0.717, 1.165) is 24.0 Å². The second-order valence-electron chi connectivity index (χ2n) is 9.08. The minimum Gasteiger partial charge on any atom is -0.512 e. The zero-order valence-electron chi connectivity index (χ0n) is 19.8. The zero-order valence-corrected chi connectivity index (χ0v) is 20.6. The van der Waals surface area contributed by atoms with Crippen molar-refractivity contribution >= 4 is 23.3 Å². The van der Waals surface area contributed by atoms with Crippen molar-refractivity contribution < 1.29 is 29.6 Å². The standard InChI is InChI=1S/C29H30O6S/c30-24(11-5-4-9-22-10-6-16-36-22)28-23(17-27(32)33)25(31)18-26(28)35-29(34)21-14-12-20(13-15-21)19-7-2-1-3-8-19/h1-3,6-8,10-16,23,25-26,28,30-31H,4-5,9,17-18H2,(H,32,33)/t23-,25-,26-,28-/m0/s1. The number of hydrogen-bond donors (Lipinski definition) is 3. The molecule has 0 amide bonds. The number of allylic oxidation sites excluding steroid dienone is 1. The van der Waals surface area contributed by atoms with Gasteiger partial charge in [0.2, 0.25) is 0 Å². The maximum Gasteiger partial charge on any atom is 0.338 e. The molecule has 0 aliphatic heterocycles. The highest BCUT2D eigenvalue weighted by Gasteiger charge is 2.47. The fourth-order valence-electron chi connectivity index (χ4n) is 4.82. The number of thiophene rings is 1. The average molecular weight is 507 g/mol. The Morgan fingerprint density at radius 2 is 1.69 bits per heavy atom. The van der Waals surface area contributed by atoms with Crippen molar-refractivity contribution in [1.82, 2.24) is 0 Å². The number of hydrogen-bond acceptors (Lipinski definition) is 6. The molecular formula is C29H30O6S. The summed E-state index contributed by atoms with van der Waals surface area (Å²) in [7, 11) is 0. The highest BCUT2D eigenvalue weighted by Crippen LogP contribution is 2.41. The van der Waals surface area contributed by atoms with Crippen molar-refractivity contribution in [3.8, 4) is 11.1 Å². The van der Waals surface area contributed by atoms with E-state index in [-0.39, 0.29) is 18.6 Å². The minimum atomic E-state index is -1.07. The van der Waals surface area contributed by atoms with Crippen LogP contribution in [0.5, 0.6) is 0 Å². The van der Waals surface area contributed by atoms with Crippen LogP contribution in [-0.4, -0.2) is 39.5 Å². The predicted molar refractivity (Wildman–Crippen MR) is 139 cm³/mol. The molecule has 1 heterocycles. The third-order valence-electron chi connectivity index (χ3n) is 6.63. The van der Waals surface area contributed by atoms with Crippen molar-refractivity contribution in [2.24, 2.45) is 11.8 Å². The molecule has 0 radical (unpaired) electrons. The molecule has 1 saturated carbocycles. The third-order valence-corrected chi connectivity index (χ3v) is 7.56. The summed E-state index contributed by atoms with van der Waals surface area (Å²) in [6.45, 7) is 0. The summed E-state index contributed by atoms with van der Waals surface area (Å²) in [5, 5.41) is 32.8. The summed E-state index contributed by atoms with van der Waals surface area (Å²) >= 11 is 1.68. The van der Waals surface area contributed by atoms with E-state index >= 15 is 0 Å². The van der Waals surface area contributed by atoms with Crippen LogP contribution in [0, 0.1) is 11.8 Å².